The molecule has 1 aromatic carbocycles. The number of ether oxygens (including phenoxy) is 1. The van der Waals surface area contributed by atoms with Crippen LogP contribution in [0.1, 0.15) is 13.3 Å². The predicted octanol–water partition coefficient (Wildman–Crippen LogP) is -0.476. The number of aliphatic carboxylic acids is 1. The summed E-state index contributed by atoms with van der Waals surface area (Å²) < 4.78 is 17.1. The second kappa shape index (κ2) is 10.5. The molecule has 0 aliphatic heterocycles. The van der Waals surface area contributed by atoms with Gasteiger partial charge in [-0.1, -0.05) is 6.92 Å². The van der Waals surface area contributed by atoms with Gasteiger partial charge in [-0.2, -0.15) is 6.42 Å². The summed E-state index contributed by atoms with van der Waals surface area (Å²) in [6.07, 6.45) is 1.00. The van der Waals surface area contributed by atoms with Gasteiger partial charge in [-0.15, -0.1) is 0 Å². The minimum atomic E-state index is -1.06. The van der Waals surface area contributed by atoms with Gasteiger partial charge in [0.05, 0.1) is 0 Å². The average Bonchev–Trinajstić information content (AvgIpc) is 2.18. The Hall–Kier alpha value is -0.983. The molecule has 0 saturated heterocycles. The van der Waals surface area contributed by atoms with Gasteiger partial charge in [0.15, 0.2) is 6.61 Å². The maximum atomic E-state index is 12.3. The van der Waals surface area contributed by atoms with Gasteiger partial charge in [-0.3, -0.25) is 0 Å². The molecule has 16 heavy (non-hydrogen) atoms. The summed E-state index contributed by atoms with van der Waals surface area (Å²) in [5.41, 5.74) is 0. The standard InChI is InChI=1S/C8H7FO3.C3H7.Li/c9-6-1-3-7(4-2-6)12-5-8(10)11;1-3-2;/h1-4H,5H2,(H,10,11);1,3H2,2H3;/q;-1;+1. The number of halogens is 1. The topological polar surface area (TPSA) is 46.5 Å². The second-order valence-electron chi connectivity index (χ2n) is 2.64. The molecule has 0 saturated carbocycles. The van der Waals surface area contributed by atoms with Gasteiger partial charge in [0.2, 0.25) is 0 Å². The molecule has 1 aromatic rings. The summed E-state index contributed by atoms with van der Waals surface area (Å²) in [7, 11) is 0. The first kappa shape index (κ1) is 17.4. The fourth-order valence-electron chi connectivity index (χ4n) is 0.676. The molecular formula is C11H14FLiO3. The van der Waals surface area contributed by atoms with E-state index in [2.05, 4.69) is 6.92 Å². The molecule has 5 heteroatoms. The van der Waals surface area contributed by atoms with Gasteiger partial charge in [0.25, 0.3) is 0 Å². The Labute approximate surface area is 107 Å². The van der Waals surface area contributed by atoms with E-state index >= 15 is 0 Å². The number of benzene rings is 1. The number of hydrogen-bond acceptors (Lipinski definition) is 2. The maximum Gasteiger partial charge on any atom is 1.00 e. The molecule has 1 N–H and O–H groups in total. The van der Waals surface area contributed by atoms with E-state index in [0.29, 0.717) is 5.75 Å². The molecule has 0 spiro atoms. The van der Waals surface area contributed by atoms with Crippen LogP contribution < -0.4 is 23.6 Å². The van der Waals surface area contributed by atoms with Crippen LogP contribution in [0.15, 0.2) is 24.3 Å². The van der Waals surface area contributed by atoms with E-state index in [9.17, 15) is 9.18 Å². The zero-order chi connectivity index (χ0) is 11.7. The Morgan fingerprint density at radius 3 is 2.25 bits per heavy atom. The van der Waals surface area contributed by atoms with Crippen LogP contribution in [0.2, 0.25) is 0 Å². The quantitative estimate of drug-likeness (QED) is 0.553. The Kier molecular flexibility index (Phi) is 11.5. The number of carbonyl (C=O) groups is 1. The van der Waals surface area contributed by atoms with Crippen molar-refractivity contribution in [3.8, 4) is 5.75 Å². The molecule has 84 valence electrons. The predicted molar refractivity (Wildman–Crippen MR) is 55.2 cm³/mol. The number of rotatable bonds is 3. The Bertz CT molecular complexity index is 288. The average molecular weight is 220 g/mol. The third kappa shape index (κ3) is 9.57. The number of carboxylic acids is 1. The normalized spacial score (nSPS) is 8.19. The van der Waals surface area contributed by atoms with Crippen LogP contribution in [0, 0.1) is 12.7 Å². The molecule has 0 atom stereocenters. The van der Waals surface area contributed by atoms with Gasteiger partial charge in [-0.05, 0) is 24.3 Å². The largest absolute Gasteiger partial charge is 1.00 e. The third-order valence-corrected chi connectivity index (χ3v) is 1.18. The maximum absolute atomic E-state index is 12.3. The minimum Gasteiger partial charge on any atom is -0.482 e. The van der Waals surface area contributed by atoms with Crippen molar-refractivity contribution in [1.82, 2.24) is 0 Å². The van der Waals surface area contributed by atoms with E-state index in [0.717, 1.165) is 6.42 Å². The molecule has 0 aliphatic rings. The minimum absolute atomic E-state index is 0. The Morgan fingerprint density at radius 1 is 1.44 bits per heavy atom. The Balaban J connectivity index is 0. The fourth-order valence-corrected chi connectivity index (χ4v) is 0.676. The number of carboxylic acid groups (broad SMARTS) is 1. The van der Waals surface area contributed by atoms with Crippen LogP contribution >= 0.6 is 0 Å². The first-order valence-electron chi connectivity index (χ1n) is 4.49. The zero-order valence-corrected chi connectivity index (χ0v) is 9.57. The van der Waals surface area contributed by atoms with Crippen LogP contribution in [-0.4, -0.2) is 17.7 Å². The molecular weight excluding hydrogens is 206 g/mol. The van der Waals surface area contributed by atoms with E-state index in [1.54, 1.807) is 0 Å². The molecule has 0 aliphatic carbocycles. The molecule has 0 bridgehead atoms. The molecule has 0 aromatic heterocycles. The van der Waals surface area contributed by atoms with Crippen molar-refractivity contribution in [3.05, 3.63) is 37.0 Å². The van der Waals surface area contributed by atoms with E-state index in [4.69, 9.17) is 9.84 Å². The van der Waals surface area contributed by atoms with Crippen molar-refractivity contribution in [2.75, 3.05) is 6.61 Å². The van der Waals surface area contributed by atoms with Gasteiger partial charge in [0, 0.05) is 0 Å². The molecule has 0 heterocycles. The van der Waals surface area contributed by atoms with E-state index in [-0.39, 0.29) is 24.7 Å². The van der Waals surface area contributed by atoms with Crippen LogP contribution in [0.3, 0.4) is 0 Å². The van der Waals surface area contributed by atoms with Gasteiger partial charge in [-0.25, -0.2) is 9.18 Å². The molecule has 1 rings (SSSR count). The third-order valence-electron chi connectivity index (χ3n) is 1.18. The summed E-state index contributed by atoms with van der Waals surface area (Å²) in [5.74, 6) is -1.09. The van der Waals surface area contributed by atoms with E-state index in [1.807, 2.05) is 6.92 Å². The van der Waals surface area contributed by atoms with Crippen molar-refractivity contribution in [2.24, 2.45) is 0 Å². The van der Waals surface area contributed by atoms with Crippen LogP contribution in [0.5, 0.6) is 5.75 Å². The van der Waals surface area contributed by atoms with Crippen LogP contribution in [0.25, 0.3) is 0 Å². The summed E-state index contributed by atoms with van der Waals surface area (Å²) in [5, 5.41) is 8.23. The van der Waals surface area contributed by atoms with Gasteiger partial charge < -0.3 is 16.8 Å². The fraction of sp³-hybridized carbons (Fsp3) is 0.273. The molecule has 0 amide bonds. The number of hydrogen-bond donors (Lipinski definition) is 1. The van der Waals surface area contributed by atoms with Crippen molar-refractivity contribution >= 4 is 5.97 Å². The summed E-state index contributed by atoms with van der Waals surface area (Å²) in [6.45, 7) is 5.09. The monoisotopic (exact) mass is 220 g/mol. The first-order chi connectivity index (χ1) is 7.10. The molecule has 0 radical (unpaired) electrons. The summed E-state index contributed by atoms with van der Waals surface area (Å²) >= 11 is 0. The van der Waals surface area contributed by atoms with Gasteiger partial charge >= 0.3 is 24.8 Å². The smallest absolute Gasteiger partial charge is 0.482 e. The van der Waals surface area contributed by atoms with E-state index < -0.39 is 12.6 Å². The zero-order valence-electron chi connectivity index (χ0n) is 9.57. The molecule has 0 unspecified atom stereocenters. The Morgan fingerprint density at radius 2 is 1.88 bits per heavy atom. The molecule has 3 nitrogen and oxygen atoms in total. The van der Waals surface area contributed by atoms with Crippen molar-refractivity contribution < 1.29 is 37.9 Å². The first-order valence-corrected chi connectivity index (χ1v) is 4.49. The van der Waals surface area contributed by atoms with E-state index in [1.165, 1.54) is 24.3 Å². The summed E-state index contributed by atoms with van der Waals surface area (Å²) in [4.78, 5) is 10.0. The summed E-state index contributed by atoms with van der Waals surface area (Å²) in [6, 6.07) is 5.16. The second-order valence-corrected chi connectivity index (χ2v) is 2.64. The van der Waals surface area contributed by atoms with Gasteiger partial charge in [0.1, 0.15) is 11.6 Å². The van der Waals surface area contributed by atoms with Crippen molar-refractivity contribution in [2.45, 2.75) is 13.3 Å². The van der Waals surface area contributed by atoms with Crippen molar-refractivity contribution in [1.29, 1.82) is 0 Å². The SMILES string of the molecule is O=C(O)COc1ccc(F)cc1.[CH2-]CC.[Li+]. The molecule has 0 fully saturated rings. The van der Waals surface area contributed by atoms with Crippen molar-refractivity contribution in [3.63, 3.8) is 0 Å². The van der Waals surface area contributed by atoms with Crippen LogP contribution in [0.4, 0.5) is 4.39 Å². The van der Waals surface area contributed by atoms with Crippen LogP contribution in [-0.2, 0) is 4.79 Å².